The van der Waals surface area contributed by atoms with Gasteiger partial charge in [0.1, 0.15) is 0 Å². The van der Waals surface area contributed by atoms with Crippen LogP contribution in [0, 0.1) is 20.8 Å². The number of pyridine rings is 1. The fourth-order valence-corrected chi connectivity index (χ4v) is 2.13. The first-order valence-corrected chi connectivity index (χ1v) is 6.30. The van der Waals surface area contributed by atoms with Crippen LogP contribution in [-0.2, 0) is 6.54 Å². The molecule has 2 heteroatoms. The first kappa shape index (κ1) is 12.8. The molecule has 1 aromatic heterocycles. The molecule has 0 fully saturated rings. The molecule has 0 saturated heterocycles. The maximum atomic E-state index is 4.72. The molecule has 0 amide bonds. The van der Waals surface area contributed by atoms with Crippen LogP contribution in [0.5, 0.6) is 0 Å². The molecular weight excluding hydrogens is 220 g/mol. The summed E-state index contributed by atoms with van der Waals surface area (Å²) < 4.78 is 0. The molecule has 1 N–H and O–H groups in total. The number of rotatable bonds is 3. The highest BCUT2D eigenvalue weighted by molar-refractivity contribution is 5.64. The molecule has 0 spiro atoms. The van der Waals surface area contributed by atoms with Crippen molar-refractivity contribution in [2.45, 2.75) is 27.3 Å². The molecule has 1 heterocycles. The van der Waals surface area contributed by atoms with Crippen LogP contribution in [0.15, 0.2) is 30.3 Å². The zero-order valence-corrected chi connectivity index (χ0v) is 11.5. The van der Waals surface area contributed by atoms with Crippen LogP contribution in [0.4, 0.5) is 0 Å². The van der Waals surface area contributed by atoms with Crippen molar-refractivity contribution in [3.8, 4) is 11.3 Å². The lowest BCUT2D eigenvalue weighted by Gasteiger charge is -2.10. The first-order valence-electron chi connectivity index (χ1n) is 6.30. The monoisotopic (exact) mass is 240 g/mol. The molecular formula is C16H20N2. The summed E-state index contributed by atoms with van der Waals surface area (Å²) >= 11 is 0. The van der Waals surface area contributed by atoms with E-state index in [0.29, 0.717) is 0 Å². The molecule has 0 unspecified atom stereocenters. The third-order valence-corrected chi connectivity index (χ3v) is 3.23. The molecule has 0 aliphatic rings. The van der Waals surface area contributed by atoms with Crippen LogP contribution in [-0.4, -0.2) is 12.0 Å². The van der Waals surface area contributed by atoms with E-state index in [1.165, 1.54) is 22.3 Å². The third kappa shape index (κ3) is 2.59. The van der Waals surface area contributed by atoms with E-state index in [-0.39, 0.29) is 0 Å². The molecule has 0 aliphatic heterocycles. The van der Waals surface area contributed by atoms with Gasteiger partial charge in [-0.2, -0.15) is 0 Å². The van der Waals surface area contributed by atoms with E-state index in [0.717, 1.165) is 17.9 Å². The summed E-state index contributed by atoms with van der Waals surface area (Å²) in [6.07, 6.45) is 0. The van der Waals surface area contributed by atoms with Crippen molar-refractivity contribution in [2.75, 3.05) is 7.05 Å². The van der Waals surface area contributed by atoms with Crippen LogP contribution in [0.25, 0.3) is 11.3 Å². The Hall–Kier alpha value is -1.67. The van der Waals surface area contributed by atoms with E-state index in [1.54, 1.807) is 0 Å². The highest BCUT2D eigenvalue weighted by Crippen LogP contribution is 2.23. The Balaban J connectivity index is 2.45. The van der Waals surface area contributed by atoms with Gasteiger partial charge >= 0.3 is 0 Å². The summed E-state index contributed by atoms with van der Waals surface area (Å²) in [7, 11) is 1.96. The van der Waals surface area contributed by atoms with Gasteiger partial charge in [0.15, 0.2) is 0 Å². The smallest absolute Gasteiger partial charge is 0.0708 e. The van der Waals surface area contributed by atoms with E-state index < -0.39 is 0 Å². The van der Waals surface area contributed by atoms with Crippen molar-refractivity contribution in [1.29, 1.82) is 0 Å². The van der Waals surface area contributed by atoms with Gasteiger partial charge in [0.25, 0.3) is 0 Å². The van der Waals surface area contributed by atoms with Crippen LogP contribution < -0.4 is 5.32 Å². The number of hydrogen-bond donors (Lipinski definition) is 1. The van der Waals surface area contributed by atoms with Gasteiger partial charge < -0.3 is 5.32 Å². The minimum atomic E-state index is 0.867. The SMILES string of the molecule is CNCc1ccc(-c2cc(C)ccc2C)nc1C. The van der Waals surface area contributed by atoms with E-state index >= 15 is 0 Å². The van der Waals surface area contributed by atoms with Gasteiger partial charge in [0.05, 0.1) is 5.69 Å². The topological polar surface area (TPSA) is 24.9 Å². The minimum Gasteiger partial charge on any atom is -0.316 e. The second kappa shape index (κ2) is 5.32. The zero-order valence-electron chi connectivity index (χ0n) is 11.5. The largest absolute Gasteiger partial charge is 0.316 e. The van der Waals surface area contributed by atoms with E-state index in [2.05, 4.69) is 56.4 Å². The predicted molar refractivity (Wildman–Crippen MR) is 76.6 cm³/mol. The zero-order chi connectivity index (χ0) is 13.1. The Kier molecular flexibility index (Phi) is 3.78. The Morgan fingerprint density at radius 1 is 1.06 bits per heavy atom. The summed E-state index contributed by atoms with van der Waals surface area (Å²) in [4.78, 5) is 4.72. The van der Waals surface area contributed by atoms with Crippen molar-refractivity contribution in [2.24, 2.45) is 0 Å². The molecule has 0 bridgehead atoms. The van der Waals surface area contributed by atoms with E-state index in [4.69, 9.17) is 4.98 Å². The summed E-state index contributed by atoms with van der Waals surface area (Å²) in [6, 6.07) is 10.8. The first-order chi connectivity index (χ1) is 8.61. The molecule has 94 valence electrons. The fourth-order valence-electron chi connectivity index (χ4n) is 2.13. The maximum absolute atomic E-state index is 4.72. The van der Waals surface area contributed by atoms with Crippen LogP contribution in [0.1, 0.15) is 22.4 Å². The lowest BCUT2D eigenvalue weighted by atomic mass is 10.0. The second-order valence-corrected chi connectivity index (χ2v) is 4.79. The van der Waals surface area contributed by atoms with Crippen molar-refractivity contribution in [3.63, 3.8) is 0 Å². The number of nitrogens with one attached hydrogen (secondary N) is 1. The van der Waals surface area contributed by atoms with Crippen LogP contribution in [0.3, 0.4) is 0 Å². The van der Waals surface area contributed by atoms with Gasteiger partial charge in [0.2, 0.25) is 0 Å². The van der Waals surface area contributed by atoms with Crippen molar-refractivity contribution >= 4 is 0 Å². The van der Waals surface area contributed by atoms with Gasteiger partial charge in [-0.1, -0.05) is 23.8 Å². The molecule has 0 atom stereocenters. The van der Waals surface area contributed by atoms with Gasteiger partial charge in [-0.3, -0.25) is 4.98 Å². The number of nitrogens with zero attached hydrogens (tertiary/aromatic N) is 1. The number of aryl methyl sites for hydroxylation is 3. The molecule has 18 heavy (non-hydrogen) atoms. The Labute approximate surface area is 109 Å². The minimum absolute atomic E-state index is 0.867. The summed E-state index contributed by atoms with van der Waals surface area (Å²) in [6.45, 7) is 7.19. The highest BCUT2D eigenvalue weighted by atomic mass is 14.8. The number of hydrogen-bond acceptors (Lipinski definition) is 2. The Morgan fingerprint density at radius 3 is 2.50 bits per heavy atom. The standard InChI is InChI=1S/C16H20N2/c1-11-5-6-12(2)15(9-11)16-8-7-14(10-17-4)13(3)18-16/h5-9,17H,10H2,1-4H3. The maximum Gasteiger partial charge on any atom is 0.0708 e. The molecule has 1 aromatic carbocycles. The lowest BCUT2D eigenvalue weighted by Crippen LogP contribution is -2.07. The van der Waals surface area contributed by atoms with Gasteiger partial charge in [-0.15, -0.1) is 0 Å². The summed E-state index contributed by atoms with van der Waals surface area (Å²) in [5, 5.41) is 3.16. The summed E-state index contributed by atoms with van der Waals surface area (Å²) in [5.74, 6) is 0. The normalized spacial score (nSPS) is 10.7. The second-order valence-electron chi connectivity index (χ2n) is 4.79. The van der Waals surface area contributed by atoms with Crippen molar-refractivity contribution in [1.82, 2.24) is 10.3 Å². The molecule has 2 rings (SSSR count). The molecule has 0 radical (unpaired) electrons. The van der Waals surface area contributed by atoms with Crippen molar-refractivity contribution in [3.05, 3.63) is 52.7 Å². The average molecular weight is 240 g/mol. The third-order valence-electron chi connectivity index (χ3n) is 3.23. The Bertz CT molecular complexity index is 559. The molecule has 0 saturated carbocycles. The number of benzene rings is 1. The van der Waals surface area contributed by atoms with Gasteiger partial charge in [-0.25, -0.2) is 0 Å². The Morgan fingerprint density at radius 2 is 1.83 bits per heavy atom. The van der Waals surface area contributed by atoms with Crippen LogP contribution >= 0.6 is 0 Å². The van der Waals surface area contributed by atoms with Crippen molar-refractivity contribution < 1.29 is 0 Å². The highest BCUT2D eigenvalue weighted by Gasteiger charge is 2.06. The van der Waals surface area contributed by atoms with E-state index in [9.17, 15) is 0 Å². The number of aromatic nitrogens is 1. The molecule has 2 nitrogen and oxygen atoms in total. The average Bonchev–Trinajstić information content (AvgIpc) is 2.35. The lowest BCUT2D eigenvalue weighted by molar-refractivity contribution is 0.805. The van der Waals surface area contributed by atoms with Crippen LogP contribution in [0.2, 0.25) is 0 Å². The molecule has 0 aliphatic carbocycles. The summed E-state index contributed by atoms with van der Waals surface area (Å²) in [5.41, 5.74) is 7.19. The quantitative estimate of drug-likeness (QED) is 0.889. The van der Waals surface area contributed by atoms with Gasteiger partial charge in [-0.05, 0) is 51.1 Å². The fraction of sp³-hybridized carbons (Fsp3) is 0.312. The van der Waals surface area contributed by atoms with Gasteiger partial charge in [0, 0.05) is 17.8 Å². The molecule has 2 aromatic rings. The van der Waals surface area contributed by atoms with E-state index in [1.807, 2.05) is 7.05 Å². The predicted octanol–water partition coefficient (Wildman–Crippen LogP) is 3.39.